The van der Waals surface area contributed by atoms with Gasteiger partial charge in [0.15, 0.2) is 6.10 Å². The summed E-state index contributed by atoms with van der Waals surface area (Å²) in [5.74, 6) is -0.266. The van der Waals surface area contributed by atoms with E-state index in [1.54, 1.807) is 18.5 Å². The lowest BCUT2D eigenvalue weighted by Crippen LogP contribution is -2.00. The number of aromatic amines is 1. The number of carbonyl (C=O) groups is 1. The number of aromatic nitrogens is 2. The van der Waals surface area contributed by atoms with E-state index in [1.807, 2.05) is 30.3 Å². The number of carbonyl (C=O) groups excluding carboxylic acids is 1. The summed E-state index contributed by atoms with van der Waals surface area (Å²) in [4.78, 5) is 19.2. The molecule has 4 nitrogen and oxygen atoms in total. The molecule has 0 radical (unpaired) electrons. The highest BCUT2D eigenvalue weighted by atomic mass is 16.5. The van der Waals surface area contributed by atoms with Crippen molar-refractivity contribution in [2.75, 3.05) is 0 Å². The van der Waals surface area contributed by atoms with Crippen molar-refractivity contribution in [1.82, 2.24) is 9.97 Å². The third-order valence-electron chi connectivity index (χ3n) is 3.41. The first-order valence-electron chi connectivity index (χ1n) is 6.05. The van der Waals surface area contributed by atoms with Gasteiger partial charge in [0.25, 0.3) is 0 Å². The van der Waals surface area contributed by atoms with Crippen LogP contribution in [0.3, 0.4) is 0 Å². The van der Waals surface area contributed by atoms with Crippen LogP contribution in [0.25, 0.3) is 10.9 Å². The molecular formula is C15H10N2O2. The highest BCUT2D eigenvalue weighted by molar-refractivity contribution is 5.94. The molecule has 1 atom stereocenters. The van der Waals surface area contributed by atoms with Gasteiger partial charge in [-0.3, -0.25) is 4.98 Å². The lowest BCUT2D eigenvalue weighted by Gasteiger charge is -2.07. The highest BCUT2D eigenvalue weighted by Crippen LogP contribution is 2.36. The van der Waals surface area contributed by atoms with E-state index in [4.69, 9.17) is 4.74 Å². The fraction of sp³-hybridized carbons (Fsp3) is 0.0667. The van der Waals surface area contributed by atoms with Gasteiger partial charge in [-0.05, 0) is 18.2 Å². The number of pyridine rings is 1. The van der Waals surface area contributed by atoms with Gasteiger partial charge in [-0.15, -0.1) is 0 Å². The Hall–Kier alpha value is -2.62. The molecule has 0 saturated heterocycles. The maximum absolute atomic E-state index is 11.8. The summed E-state index contributed by atoms with van der Waals surface area (Å²) < 4.78 is 5.46. The van der Waals surface area contributed by atoms with E-state index in [9.17, 15) is 4.79 Å². The number of hydrogen-bond acceptors (Lipinski definition) is 3. The second-order valence-corrected chi connectivity index (χ2v) is 4.56. The average Bonchev–Trinajstić information content (AvgIpc) is 3.01. The Labute approximate surface area is 109 Å². The van der Waals surface area contributed by atoms with Crippen molar-refractivity contribution in [2.45, 2.75) is 6.10 Å². The van der Waals surface area contributed by atoms with E-state index in [-0.39, 0.29) is 12.1 Å². The number of hydrogen-bond donors (Lipinski definition) is 1. The summed E-state index contributed by atoms with van der Waals surface area (Å²) in [7, 11) is 0. The van der Waals surface area contributed by atoms with E-state index in [0.717, 1.165) is 22.2 Å². The maximum Gasteiger partial charge on any atom is 0.339 e. The van der Waals surface area contributed by atoms with E-state index in [0.29, 0.717) is 5.56 Å². The van der Waals surface area contributed by atoms with Crippen LogP contribution in [-0.4, -0.2) is 15.9 Å². The smallest absolute Gasteiger partial charge is 0.339 e. The summed E-state index contributed by atoms with van der Waals surface area (Å²) in [5.41, 5.74) is 3.42. The number of esters is 1. The van der Waals surface area contributed by atoms with Crippen LogP contribution in [0.1, 0.15) is 27.7 Å². The molecule has 4 heteroatoms. The number of cyclic esters (lactones) is 1. The second-order valence-electron chi connectivity index (χ2n) is 4.56. The standard InChI is InChI=1S/C15H10N2O2/c18-15-11-4-2-1-3-10(11)14(19-15)13-7-9-8-16-6-5-12(9)17-13/h1-8,14,17H. The van der Waals surface area contributed by atoms with E-state index < -0.39 is 0 Å². The molecule has 4 rings (SSSR count). The largest absolute Gasteiger partial charge is 0.447 e. The predicted molar refractivity (Wildman–Crippen MR) is 69.8 cm³/mol. The Morgan fingerprint density at radius 2 is 2.11 bits per heavy atom. The zero-order valence-electron chi connectivity index (χ0n) is 9.96. The van der Waals surface area contributed by atoms with E-state index in [2.05, 4.69) is 9.97 Å². The zero-order chi connectivity index (χ0) is 12.8. The fourth-order valence-corrected chi connectivity index (χ4v) is 2.51. The molecule has 0 saturated carbocycles. The van der Waals surface area contributed by atoms with E-state index >= 15 is 0 Å². The molecule has 3 heterocycles. The Kier molecular flexibility index (Phi) is 2.00. The zero-order valence-corrected chi connectivity index (χ0v) is 9.96. The van der Waals surface area contributed by atoms with Gasteiger partial charge in [0.05, 0.1) is 11.3 Å². The predicted octanol–water partition coefficient (Wildman–Crippen LogP) is 2.82. The van der Waals surface area contributed by atoms with Crippen molar-refractivity contribution in [3.8, 4) is 0 Å². The van der Waals surface area contributed by atoms with Gasteiger partial charge in [0.2, 0.25) is 0 Å². The van der Waals surface area contributed by atoms with Crippen LogP contribution in [0.15, 0.2) is 48.8 Å². The van der Waals surface area contributed by atoms with Crippen molar-refractivity contribution < 1.29 is 9.53 Å². The monoisotopic (exact) mass is 250 g/mol. The quantitative estimate of drug-likeness (QED) is 0.676. The van der Waals surface area contributed by atoms with Gasteiger partial charge in [-0.25, -0.2) is 4.79 Å². The van der Waals surface area contributed by atoms with Crippen LogP contribution < -0.4 is 0 Å². The first-order chi connectivity index (χ1) is 9.33. The summed E-state index contributed by atoms with van der Waals surface area (Å²) >= 11 is 0. The summed E-state index contributed by atoms with van der Waals surface area (Å²) in [6, 6.07) is 11.4. The molecule has 1 aliphatic heterocycles. The van der Waals surface area contributed by atoms with Crippen LogP contribution >= 0.6 is 0 Å². The second kappa shape index (κ2) is 3.68. The Bertz CT molecular complexity index is 758. The summed E-state index contributed by atoms with van der Waals surface area (Å²) in [6.45, 7) is 0. The minimum absolute atomic E-state index is 0.266. The SMILES string of the molecule is O=C1OC(c2cc3cnccc3[nH]2)c2ccccc21. The van der Waals surface area contributed by atoms with Crippen LogP contribution in [0.5, 0.6) is 0 Å². The lowest BCUT2D eigenvalue weighted by molar-refractivity contribution is 0.0450. The van der Waals surface area contributed by atoms with Gasteiger partial charge in [0.1, 0.15) is 0 Å². The molecule has 3 aromatic rings. The number of rotatable bonds is 1. The first-order valence-corrected chi connectivity index (χ1v) is 6.05. The Morgan fingerprint density at radius 3 is 3.00 bits per heavy atom. The molecule has 2 aromatic heterocycles. The van der Waals surface area contributed by atoms with Crippen molar-refractivity contribution in [3.05, 3.63) is 65.6 Å². The van der Waals surface area contributed by atoms with Gasteiger partial charge in [-0.2, -0.15) is 0 Å². The van der Waals surface area contributed by atoms with E-state index in [1.165, 1.54) is 0 Å². The van der Waals surface area contributed by atoms with Crippen LogP contribution in [0.2, 0.25) is 0 Å². The van der Waals surface area contributed by atoms with Crippen LogP contribution in [0, 0.1) is 0 Å². The average molecular weight is 250 g/mol. The molecule has 0 aliphatic carbocycles. The summed E-state index contributed by atoms with van der Waals surface area (Å²) in [5, 5.41) is 1.01. The number of nitrogens with zero attached hydrogens (tertiary/aromatic N) is 1. The highest BCUT2D eigenvalue weighted by Gasteiger charge is 2.32. The number of fused-ring (bicyclic) bond motifs is 2. The minimum Gasteiger partial charge on any atom is -0.447 e. The van der Waals surface area contributed by atoms with Gasteiger partial charge in [0, 0.05) is 28.9 Å². The molecule has 1 unspecified atom stereocenters. The van der Waals surface area contributed by atoms with Crippen molar-refractivity contribution >= 4 is 16.9 Å². The van der Waals surface area contributed by atoms with Crippen molar-refractivity contribution in [1.29, 1.82) is 0 Å². The normalized spacial score (nSPS) is 17.5. The molecule has 19 heavy (non-hydrogen) atoms. The number of nitrogens with one attached hydrogen (secondary N) is 1. The lowest BCUT2D eigenvalue weighted by atomic mass is 10.0. The van der Waals surface area contributed by atoms with Gasteiger partial charge < -0.3 is 9.72 Å². The number of ether oxygens (including phenoxy) is 1. The fourth-order valence-electron chi connectivity index (χ4n) is 2.51. The first kappa shape index (κ1) is 10.3. The molecule has 1 aliphatic rings. The molecule has 1 aromatic carbocycles. The molecule has 0 fully saturated rings. The molecular weight excluding hydrogens is 240 g/mol. The van der Waals surface area contributed by atoms with Crippen molar-refractivity contribution in [2.24, 2.45) is 0 Å². The Morgan fingerprint density at radius 1 is 1.21 bits per heavy atom. The molecule has 1 N–H and O–H groups in total. The Balaban J connectivity index is 1.88. The van der Waals surface area contributed by atoms with Crippen LogP contribution in [-0.2, 0) is 4.74 Å². The molecule has 0 bridgehead atoms. The van der Waals surface area contributed by atoms with Crippen molar-refractivity contribution in [3.63, 3.8) is 0 Å². The topological polar surface area (TPSA) is 55.0 Å². The maximum atomic E-state index is 11.8. The summed E-state index contributed by atoms with van der Waals surface area (Å²) in [6.07, 6.45) is 3.17. The van der Waals surface area contributed by atoms with Gasteiger partial charge in [-0.1, -0.05) is 18.2 Å². The minimum atomic E-state index is -0.351. The van der Waals surface area contributed by atoms with Gasteiger partial charge >= 0.3 is 5.97 Å². The number of benzene rings is 1. The van der Waals surface area contributed by atoms with Crippen LogP contribution in [0.4, 0.5) is 0 Å². The third kappa shape index (κ3) is 1.46. The molecule has 0 spiro atoms. The number of H-pyrrole nitrogens is 1. The molecule has 92 valence electrons. The molecule has 0 amide bonds. The third-order valence-corrected chi connectivity index (χ3v) is 3.41.